The van der Waals surface area contributed by atoms with Crippen molar-refractivity contribution in [2.45, 2.75) is 39.5 Å². The van der Waals surface area contributed by atoms with Crippen molar-refractivity contribution < 1.29 is 14.3 Å². The predicted molar refractivity (Wildman–Crippen MR) is 62.1 cm³/mol. The van der Waals surface area contributed by atoms with Crippen molar-refractivity contribution in [3.63, 3.8) is 0 Å². The second-order valence-corrected chi connectivity index (χ2v) is 5.16. The van der Waals surface area contributed by atoms with Gasteiger partial charge < -0.3 is 9.64 Å². The minimum atomic E-state index is -0.527. The van der Waals surface area contributed by atoms with Crippen LogP contribution in [0.5, 0.6) is 0 Å². The summed E-state index contributed by atoms with van der Waals surface area (Å²) in [6.07, 6.45) is 0.268. The van der Waals surface area contributed by atoms with Crippen molar-refractivity contribution in [1.82, 2.24) is 19.9 Å². The Hall–Kier alpha value is -1.92. The van der Waals surface area contributed by atoms with Gasteiger partial charge in [-0.1, -0.05) is 5.21 Å². The smallest absolute Gasteiger partial charge is 0.410 e. The van der Waals surface area contributed by atoms with Gasteiger partial charge in [-0.15, -0.1) is 5.10 Å². The molecule has 0 fully saturated rings. The van der Waals surface area contributed by atoms with E-state index in [1.807, 2.05) is 20.8 Å². The highest BCUT2D eigenvalue weighted by Crippen LogP contribution is 2.17. The van der Waals surface area contributed by atoms with Crippen LogP contribution >= 0.6 is 0 Å². The molecule has 1 aliphatic rings. The fraction of sp³-hybridized carbons (Fsp3) is 0.636. The Morgan fingerprint density at radius 1 is 1.39 bits per heavy atom. The van der Waals surface area contributed by atoms with Crippen LogP contribution in [0.1, 0.15) is 37.0 Å². The lowest BCUT2D eigenvalue weighted by Gasteiger charge is -2.30. The number of aldehydes is 1. The summed E-state index contributed by atoms with van der Waals surface area (Å²) in [5.41, 5.74) is 0.408. The molecule has 0 radical (unpaired) electrons. The number of rotatable bonds is 1. The Bertz CT molecular complexity index is 475. The summed E-state index contributed by atoms with van der Waals surface area (Å²) in [5.74, 6) is 0. The highest BCUT2D eigenvalue weighted by atomic mass is 16.6. The fourth-order valence-electron chi connectivity index (χ4n) is 1.74. The topological polar surface area (TPSA) is 77.3 Å². The monoisotopic (exact) mass is 252 g/mol. The van der Waals surface area contributed by atoms with Gasteiger partial charge in [-0.05, 0) is 20.8 Å². The summed E-state index contributed by atoms with van der Waals surface area (Å²) < 4.78 is 6.93. The highest BCUT2D eigenvalue weighted by Gasteiger charge is 2.28. The molecule has 1 aromatic rings. The number of hydrogen-bond acceptors (Lipinski definition) is 5. The lowest BCUT2D eigenvalue weighted by atomic mass is 10.2. The standard InChI is InChI=1S/C11H16N4O3/c1-11(2,3)18-10(17)14-4-5-15-9(6-14)8(7-16)12-13-15/h7H,4-6H2,1-3H3. The SMILES string of the molecule is CC(C)(C)OC(=O)N1CCn2nnc(C=O)c2C1. The third kappa shape index (κ3) is 2.49. The molecule has 1 aromatic heterocycles. The zero-order valence-electron chi connectivity index (χ0n) is 10.7. The third-order valence-electron chi connectivity index (χ3n) is 2.55. The Morgan fingerprint density at radius 2 is 2.11 bits per heavy atom. The molecule has 0 bridgehead atoms. The lowest BCUT2D eigenvalue weighted by molar-refractivity contribution is 0.0193. The first-order valence-electron chi connectivity index (χ1n) is 5.76. The maximum absolute atomic E-state index is 11.9. The predicted octanol–water partition coefficient (Wildman–Crippen LogP) is 0.841. The van der Waals surface area contributed by atoms with Crippen molar-refractivity contribution in [2.24, 2.45) is 0 Å². The number of hydrogen-bond donors (Lipinski definition) is 0. The van der Waals surface area contributed by atoms with Gasteiger partial charge in [0.05, 0.1) is 18.8 Å². The van der Waals surface area contributed by atoms with E-state index in [0.29, 0.717) is 31.6 Å². The number of nitrogens with zero attached hydrogens (tertiary/aromatic N) is 4. The molecule has 1 aliphatic heterocycles. The van der Waals surface area contributed by atoms with Crippen molar-refractivity contribution in [3.8, 4) is 0 Å². The fourth-order valence-corrected chi connectivity index (χ4v) is 1.74. The van der Waals surface area contributed by atoms with Gasteiger partial charge >= 0.3 is 6.09 Å². The van der Waals surface area contributed by atoms with Crippen LogP contribution in [0, 0.1) is 0 Å². The number of carbonyl (C=O) groups excluding carboxylic acids is 2. The van der Waals surface area contributed by atoms with Gasteiger partial charge in [0.1, 0.15) is 5.60 Å². The zero-order valence-corrected chi connectivity index (χ0v) is 10.7. The molecule has 0 atom stereocenters. The van der Waals surface area contributed by atoms with E-state index in [2.05, 4.69) is 10.3 Å². The van der Waals surface area contributed by atoms with Gasteiger partial charge in [0.25, 0.3) is 0 Å². The van der Waals surface area contributed by atoms with E-state index in [1.54, 1.807) is 9.58 Å². The Balaban J connectivity index is 2.11. The van der Waals surface area contributed by atoms with Crippen LogP contribution in [0.15, 0.2) is 0 Å². The number of aromatic nitrogens is 3. The maximum atomic E-state index is 11.9. The van der Waals surface area contributed by atoms with Crippen LogP contribution in [0.25, 0.3) is 0 Å². The Kier molecular flexibility index (Phi) is 3.06. The average Bonchev–Trinajstić information content (AvgIpc) is 2.68. The molecule has 7 nitrogen and oxygen atoms in total. The number of amides is 1. The molecule has 0 spiro atoms. The molecule has 0 N–H and O–H groups in total. The first kappa shape index (κ1) is 12.5. The summed E-state index contributed by atoms with van der Waals surface area (Å²) in [5, 5.41) is 7.60. The van der Waals surface area contributed by atoms with E-state index >= 15 is 0 Å². The molecule has 0 unspecified atom stereocenters. The summed E-state index contributed by atoms with van der Waals surface area (Å²) in [7, 11) is 0. The summed E-state index contributed by atoms with van der Waals surface area (Å²) in [6, 6.07) is 0. The van der Waals surface area contributed by atoms with Crippen molar-refractivity contribution in [1.29, 1.82) is 0 Å². The third-order valence-corrected chi connectivity index (χ3v) is 2.55. The van der Waals surface area contributed by atoms with Gasteiger partial charge in [-0.2, -0.15) is 0 Å². The van der Waals surface area contributed by atoms with Gasteiger partial charge in [0, 0.05) is 6.54 Å². The van der Waals surface area contributed by atoms with Crippen LogP contribution in [0.4, 0.5) is 4.79 Å². The van der Waals surface area contributed by atoms with Crippen LogP contribution < -0.4 is 0 Å². The molecule has 18 heavy (non-hydrogen) atoms. The van der Waals surface area contributed by atoms with E-state index in [0.717, 1.165) is 0 Å². The van der Waals surface area contributed by atoms with Crippen molar-refractivity contribution >= 4 is 12.4 Å². The van der Waals surface area contributed by atoms with E-state index in [-0.39, 0.29) is 11.8 Å². The minimum Gasteiger partial charge on any atom is -0.444 e. The lowest BCUT2D eigenvalue weighted by Crippen LogP contribution is -2.41. The van der Waals surface area contributed by atoms with Gasteiger partial charge in [-0.3, -0.25) is 4.79 Å². The Morgan fingerprint density at radius 3 is 2.72 bits per heavy atom. The molecular weight excluding hydrogens is 236 g/mol. The van der Waals surface area contributed by atoms with E-state index in [4.69, 9.17) is 4.74 Å². The van der Waals surface area contributed by atoms with Gasteiger partial charge in [-0.25, -0.2) is 9.48 Å². The van der Waals surface area contributed by atoms with Crippen molar-refractivity contribution in [2.75, 3.05) is 6.54 Å². The highest BCUT2D eigenvalue weighted by molar-refractivity contribution is 5.74. The van der Waals surface area contributed by atoms with E-state index in [9.17, 15) is 9.59 Å². The van der Waals surface area contributed by atoms with Crippen LogP contribution in [-0.2, 0) is 17.8 Å². The van der Waals surface area contributed by atoms with Crippen LogP contribution in [0.2, 0.25) is 0 Å². The molecule has 2 rings (SSSR count). The Labute approximate surface area is 105 Å². The first-order valence-corrected chi connectivity index (χ1v) is 5.76. The summed E-state index contributed by atoms with van der Waals surface area (Å²) in [6.45, 7) is 6.78. The molecule has 98 valence electrons. The second-order valence-electron chi connectivity index (χ2n) is 5.16. The van der Waals surface area contributed by atoms with Crippen LogP contribution in [0.3, 0.4) is 0 Å². The summed E-state index contributed by atoms with van der Waals surface area (Å²) in [4.78, 5) is 24.3. The normalized spacial score (nSPS) is 15.2. The van der Waals surface area contributed by atoms with E-state index in [1.165, 1.54) is 0 Å². The molecule has 0 aromatic carbocycles. The quantitative estimate of drug-likeness (QED) is 0.692. The molecule has 7 heteroatoms. The maximum Gasteiger partial charge on any atom is 0.410 e. The number of ether oxygens (including phenoxy) is 1. The second kappa shape index (κ2) is 4.40. The molecule has 0 saturated heterocycles. The largest absolute Gasteiger partial charge is 0.444 e. The number of fused-ring (bicyclic) bond motifs is 1. The molecule has 1 amide bonds. The molecule has 0 saturated carbocycles. The van der Waals surface area contributed by atoms with Crippen LogP contribution in [-0.4, -0.2) is 44.4 Å². The summed E-state index contributed by atoms with van der Waals surface area (Å²) >= 11 is 0. The first-order chi connectivity index (χ1) is 8.40. The van der Waals surface area contributed by atoms with E-state index < -0.39 is 5.60 Å². The van der Waals surface area contributed by atoms with Crippen molar-refractivity contribution in [3.05, 3.63) is 11.4 Å². The van der Waals surface area contributed by atoms with Gasteiger partial charge in [0.2, 0.25) is 0 Å². The average molecular weight is 252 g/mol. The molecule has 2 heterocycles. The zero-order chi connectivity index (χ0) is 13.3. The van der Waals surface area contributed by atoms with Gasteiger partial charge in [0.15, 0.2) is 12.0 Å². The molecule has 0 aliphatic carbocycles. The number of carbonyl (C=O) groups is 2. The minimum absolute atomic E-state index is 0.281. The molecular formula is C11H16N4O3.